The number of nitrogens with one attached hydrogen (secondary N) is 1. The molecule has 1 aromatic carbocycles. The molecule has 0 atom stereocenters. The number of hydrogen-bond donors (Lipinski definition) is 3. The van der Waals surface area contributed by atoms with Crippen LogP contribution in [0, 0.1) is 5.82 Å². The molecule has 2 heterocycles. The van der Waals surface area contributed by atoms with Gasteiger partial charge in [-0.3, -0.25) is 19.8 Å². The van der Waals surface area contributed by atoms with Crippen LogP contribution in [-0.4, -0.2) is 51.3 Å². The minimum Gasteiger partial charge on any atom is -0.370 e. The molecule has 30 heavy (non-hydrogen) atoms. The summed E-state index contributed by atoms with van der Waals surface area (Å²) in [5, 5.41) is 14.3. The summed E-state index contributed by atoms with van der Waals surface area (Å²) in [6.07, 6.45) is 0. The van der Waals surface area contributed by atoms with E-state index in [4.69, 9.17) is 20.6 Å². The van der Waals surface area contributed by atoms with Gasteiger partial charge in [-0.2, -0.15) is 0 Å². The fraction of sp³-hybridized carbons (Fsp3) is 0.200. The average Bonchev–Trinajstić information content (AvgIpc) is 3.33. The first kappa shape index (κ1) is 21.5. The van der Waals surface area contributed by atoms with Crippen molar-refractivity contribution < 1.29 is 13.5 Å². The lowest BCUT2D eigenvalue weighted by Gasteiger charge is -2.05. The van der Waals surface area contributed by atoms with Gasteiger partial charge in [0, 0.05) is 12.8 Å². The van der Waals surface area contributed by atoms with Crippen LogP contribution in [0.2, 0.25) is 0 Å². The number of rotatable bonds is 6. The van der Waals surface area contributed by atoms with E-state index in [0.717, 1.165) is 4.57 Å². The maximum atomic E-state index is 13.5. The number of thioether (sulfide) groups is 1. The van der Waals surface area contributed by atoms with Gasteiger partial charge in [0.2, 0.25) is 5.82 Å². The Balaban J connectivity index is 1.78. The van der Waals surface area contributed by atoms with Crippen LogP contribution in [0.3, 0.4) is 0 Å². The van der Waals surface area contributed by atoms with Gasteiger partial charge in [-0.25, -0.2) is 18.4 Å². The number of guanidine groups is 2. The zero-order valence-corrected chi connectivity index (χ0v) is 17.8. The van der Waals surface area contributed by atoms with E-state index in [2.05, 4.69) is 46.7 Å². The largest absolute Gasteiger partial charge is 0.446 e. The SMILES string of the molecule is CN=C(N)NC(N)=NCCSc1nonc1-c1noc(=O)n1-c1ccc(F)c(Br)c1. The molecule has 0 bridgehead atoms. The Kier molecular flexibility index (Phi) is 6.83. The van der Waals surface area contributed by atoms with Crippen molar-refractivity contribution in [2.75, 3.05) is 19.3 Å². The van der Waals surface area contributed by atoms with Gasteiger partial charge in [0.15, 0.2) is 22.6 Å². The van der Waals surface area contributed by atoms with Crippen LogP contribution in [0.5, 0.6) is 0 Å². The first-order chi connectivity index (χ1) is 14.4. The fourth-order valence-electron chi connectivity index (χ4n) is 2.20. The molecule has 3 aromatic rings. The minimum atomic E-state index is -0.777. The van der Waals surface area contributed by atoms with Crippen molar-refractivity contribution in [3.8, 4) is 17.2 Å². The molecule has 2 aromatic heterocycles. The lowest BCUT2D eigenvalue weighted by molar-refractivity contribution is 0.299. The van der Waals surface area contributed by atoms with Crippen molar-refractivity contribution in [2.45, 2.75) is 5.03 Å². The highest BCUT2D eigenvalue weighted by molar-refractivity contribution is 9.10. The maximum absolute atomic E-state index is 13.5. The third-order valence-electron chi connectivity index (χ3n) is 3.55. The van der Waals surface area contributed by atoms with Crippen LogP contribution in [-0.2, 0) is 0 Å². The Bertz CT molecular complexity index is 1160. The lowest BCUT2D eigenvalue weighted by Crippen LogP contribution is -2.41. The molecule has 15 heteroatoms. The Hall–Kier alpha value is -3.20. The first-order valence-corrected chi connectivity index (χ1v) is 9.97. The van der Waals surface area contributed by atoms with Crippen molar-refractivity contribution in [1.82, 2.24) is 25.4 Å². The number of nitrogens with zero attached hydrogens (tertiary/aromatic N) is 6. The predicted molar refractivity (Wildman–Crippen MR) is 111 cm³/mol. The lowest BCUT2D eigenvalue weighted by atomic mass is 10.3. The molecule has 0 aliphatic carbocycles. The van der Waals surface area contributed by atoms with Crippen LogP contribution in [0.25, 0.3) is 17.2 Å². The summed E-state index contributed by atoms with van der Waals surface area (Å²) in [5.41, 5.74) is 11.7. The zero-order chi connectivity index (χ0) is 21.7. The van der Waals surface area contributed by atoms with E-state index in [1.165, 1.54) is 37.0 Å². The Morgan fingerprint density at radius 1 is 1.33 bits per heavy atom. The van der Waals surface area contributed by atoms with Gasteiger partial charge in [-0.15, -0.1) is 0 Å². The molecule has 0 spiro atoms. The topological polar surface area (TPSA) is 176 Å². The second-order valence-corrected chi connectivity index (χ2v) is 7.41. The van der Waals surface area contributed by atoms with E-state index in [9.17, 15) is 9.18 Å². The van der Waals surface area contributed by atoms with Gasteiger partial charge in [0.25, 0.3) is 0 Å². The normalized spacial score (nSPS) is 12.4. The number of aromatic nitrogens is 4. The van der Waals surface area contributed by atoms with Crippen LogP contribution >= 0.6 is 27.7 Å². The second kappa shape index (κ2) is 9.53. The molecule has 12 nitrogen and oxygen atoms in total. The van der Waals surface area contributed by atoms with Gasteiger partial charge < -0.3 is 11.5 Å². The number of nitrogens with two attached hydrogens (primary N) is 2. The molecule has 0 saturated heterocycles. The predicted octanol–water partition coefficient (Wildman–Crippen LogP) is 0.718. The molecular weight excluding hydrogens is 485 g/mol. The van der Waals surface area contributed by atoms with Gasteiger partial charge in [-0.05, 0) is 44.4 Å². The molecule has 158 valence electrons. The number of benzene rings is 1. The van der Waals surface area contributed by atoms with Gasteiger partial charge in [-0.1, -0.05) is 16.9 Å². The fourth-order valence-corrected chi connectivity index (χ4v) is 3.29. The summed E-state index contributed by atoms with van der Waals surface area (Å²) in [6, 6.07) is 4.01. The summed E-state index contributed by atoms with van der Waals surface area (Å²) >= 11 is 4.33. The van der Waals surface area contributed by atoms with Gasteiger partial charge >= 0.3 is 5.76 Å². The first-order valence-electron chi connectivity index (χ1n) is 8.19. The summed E-state index contributed by atoms with van der Waals surface area (Å²) in [7, 11) is 1.51. The highest BCUT2D eigenvalue weighted by atomic mass is 79.9. The molecular formula is C15H15BrFN9O3S. The highest BCUT2D eigenvalue weighted by Gasteiger charge is 2.23. The Labute approximate surface area is 180 Å². The van der Waals surface area contributed by atoms with Gasteiger partial charge in [0.05, 0.1) is 16.7 Å². The number of aliphatic imine (C=N–C) groups is 2. The molecule has 0 amide bonds. The molecule has 0 aliphatic rings. The standard InChI is InChI=1S/C15H15BrFN9O3S/c1-20-13(18)22-14(19)21-4-5-30-12-10(23-29-25-12)11-24-28-15(27)26(11)7-2-3-9(17)8(16)6-7/h2-3,6H,4-5H2,1H3,(H5,18,19,20,21,22). The second-order valence-electron chi connectivity index (χ2n) is 5.47. The van der Waals surface area contributed by atoms with E-state index in [-0.39, 0.29) is 27.9 Å². The third kappa shape index (κ3) is 4.85. The number of halogens is 2. The van der Waals surface area contributed by atoms with Crippen molar-refractivity contribution in [2.24, 2.45) is 21.5 Å². The molecule has 0 fully saturated rings. The van der Waals surface area contributed by atoms with Crippen molar-refractivity contribution in [3.63, 3.8) is 0 Å². The summed E-state index contributed by atoms with van der Waals surface area (Å²) in [6.45, 7) is 0.323. The summed E-state index contributed by atoms with van der Waals surface area (Å²) in [4.78, 5) is 20.0. The molecule has 5 N–H and O–H groups in total. The van der Waals surface area contributed by atoms with Crippen LogP contribution in [0.4, 0.5) is 4.39 Å². The van der Waals surface area contributed by atoms with Crippen molar-refractivity contribution in [1.29, 1.82) is 0 Å². The zero-order valence-electron chi connectivity index (χ0n) is 15.4. The van der Waals surface area contributed by atoms with Crippen LogP contribution < -0.4 is 22.5 Å². The maximum Gasteiger partial charge on any atom is 0.446 e. The van der Waals surface area contributed by atoms with E-state index in [1.54, 1.807) is 0 Å². The highest BCUT2D eigenvalue weighted by Crippen LogP contribution is 2.28. The average molecular weight is 500 g/mol. The molecule has 0 radical (unpaired) electrons. The van der Waals surface area contributed by atoms with E-state index in [0.29, 0.717) is 23.0 Å². The Morgan fingerprint density at radius 2 is 2.13 bits per heavy atom. The summed E-state index contributed by atoms with van der Waals surface area (Å²) < 4.78 is 24.4. The summed E-state index contributed by atoms with van der Waals surface area (Å²) in [5.74, 6) is -0.491. The van der Waals surface area contributed by atoms with E-state index >= 15 is 0 Å². The third-order valence-corrected chi connectivity index (χ3v) is 5.08. The van der Waals surface area contributed by atoms with Crippen molar-refractivity contribution in [3.05, 3.63) is 39.0 Å². The molecule has 0 saturated carbocycles. The van der Waals surface area contributed by atoms with E-state index in [1.807, 2.05) is 0 Å². The molecule has 0 unspecified atom stereocenters. The number of hydrogen-bond acceptors (Lipinski definition) is 9. The quantitative estimate of drug-likeness (QED) is 0.189. The Morgan fingerprint density at radius 3 is 2.87 bits per heavy atom. The van der Waals surface area contributed by atoms with E-state index < -0.39 is 11.6 Å². The minimum absolute atomic E-state index is 0.0545. The van der Waals surface area contributed by atoms with Crippen LogP contribution in [0.1, 0.15) is 0 Å². The monoisotopic (exact) mass is 499 g/mol. The van der Waals surface area contributed by atoms with Gasteiger partial charge in [0.1, 0.15) is 5.82 Å². The molecule has 3 rings (SSSR count). The smallest absolute Gasteiger partial charge is 0.370 e. The van der Waals surface area contributed by atoms with Crippen molar-refractivity contribution >= 4 is 39.6 Å². The molecule has 0 aliphatic heterocycles. The van der Waals surface area contributed by atoms with Crippen LogP contribution in [0.15, 0.2) is 51.6 Å².